The molecule has 0 spiro atoms. The second-order valence-electron chi connectivity index (χ2n) is 5.15. The number of hydrogen-bond acceptors (Lipinski definition) is 3. The average molecular weight is 347 g/mol. The minimum atomic E-state index is 0.151. The maximum Gasteiger partial charge on any atom is 0.138 e. The molecule has 3 nitrogen and oxygen atoms in total. The van der Waals surface area contributed by atoms with E-state index in [1.54, 1.807) is 6.92 Å². The van der Waals surface area contributed by atoms with Crippen LogP contribution < -0.4 is 0 Å². The molecule has 0 bridgehead atoms. The summed E-state index contributed by atoms with van der Waals surface area (Å²) >= 11 is 3.45. The fraction of sp³-hybridized carbons (Fsp3) is 0.235. The van der Waals surface area contributed by atoms with Gasteiger partial charge in [-0.2, -0.15) is 0 Å². The summed E-state index contributed by atoms with van der Waals surface area (Å²) in [6, 6.07) is 9.80. The lowest BCUT2D eigenvalue weighted by Crippen LogP contribution is -1.93. The number of Topliss-reactive ketones (excluding diaryl/α,β-unsaturated/α-hetero) is 1. The molecule has 4 heteroatoms. The normalized spacial score (nSPS) is 11.2. The van der Waals surface area contributed by atoms with Crippen LogP contribution in [0.5, 0.6) is 0 Å². The van der Waals surface area contributed by atoms with Crippen molar-refractivity contribution in [3.63, 3.8) is 0 Å². The summed E-state index contributed by atoms with van der Waals surface area (Å²) in [5.74, 6) is 2.59. The molecule has 2 heterocycles. The van der Waals surface area contributed by atoms with E-state index in [2.05, 4.69) is 15.9 Å². The molecule has 0 fully saturated rings. The molecule has 0 saturated carbocycles. The van der Waals surface area contributed by atoms with Crippen molar-refractivity contribution in [3.05, 3.63) is 46.3 Å². The molecule has 108 valence electrons. The summed E-state index contributed by atoms with van der Waals surface area (Å²) in [5.41, 5.74) is 1.75. The van der Waals surface area contributed by atoms with Gasteiger partial charge >= 0.3 is 0 Å². The third-order valence-electron chi connectivity index (χ3n) is 3.42. The lowest BCUT2D eigenvalue weighted by atomic mass is 10.0. The molecule has 0 N–H and O–H groups in total. The number of rotatable bonds is 4. The Morgan fingerprint density at radius 3 is 2.67 bits per heavy atom. The Hall–Kier alpha value is -1.81. The highest BCUT2D eigenvalue weighted by Crippen LogP contribution is 2.37. The molecule has 0 saturated heterocycles. The van der Waals surface area contributed by atoms with Gasteiger partial charge in [0.15, 0.2) is 0 Å². The van der Waals surface area contributed by atoms with Crippen LogP contribution in [0.4, 0.5) is 0 Å². The molecule has 0 aliphatic heterocycles. The van der Waals surface area contributed by atoms with Crippen molar-refractivity contribution in [2.24, 2.45) is 0 Å². The van der Waals surface area contributed by atoms with E-state index >= 15 is 0 Å². The number of carbonyl (C=O) groups is 1. The first kappa shape index (κ1) is 14.1. The Morgan fingerprint density at radius 2 is 2.00 bits per heavy atom. The van der Waals surface area contributed by atoms with Crippen LogP contribution in [-0.4, -0.2) is 5.78 Å². The molecule has 2 aromatic heterocycles. The molecule has 3 rings (SSSR count). The number of aryl methyl sites for hydroxylation is 2. The molecular formula is C17H15BrO3. The summed E-state index contributed by atoms with van der Waals surface area (Å²) in [6.45, 7) is 3.51. The second-order valence-corrected chi connectivity index (χ2v) is 6.07. The van der Waals surface area contributed by atoms with Gasteiger partial charge in [0, 0.05) is 22.7 Å². The molecular weight excluding hydrogens is 332 g/mol. The van der Waals surface area contributed by atoms with Crippen LogP contribution in [0.2, 0.25) is 0 Å². The van der Waals surface area contributed by atoms with Gasteiger partial charge in [0.2, 0.25) is 0 Å². The van der Waals surface area contributed by atoms with Crippen LogP contribution in [0, 0.1) is 6.92 Å². The van der Waals surface area contributed by atoms with Crippen molar-refractivity contribution in [1.82, 2.24) is 0 Å². The van der Waals surface area contributed by atoms with Crippen molar-refractivity contribution in [1.29, 1.82) is 0 Å². The van der Waals surface area contributed by atoms with Gasteiger partial charge in [-0.1, -0.05) is 15.9 Å². The van der Waals surface area contributed by atoms with Gasteiger partial charge in [-0.15, -0.1) is 0 Å². The Bertz CT molecular complexity index is 811. The predicted molar refractivity (Wildman–Crippen MR) is 85.4 cm³/mol. The summed E-state index contributed by atoms with van der Waals surface area (Å²) < 4.78 is 12.7. The zero-order valence-electron chi connectivity index (χ0n) is 11.9. The summed E-state index contributed by atoms with van der Waals surface area (Å²) in [6.07, 6.45) is 1.05. The van der Waals surface area contributed by atoms with Gasteiger partial charge in [0.25, 0.3) is 0 Å². The van der Waals surface area contributed by atoms with E-state index < -0.39 is 0 Å². The lowest BCUT2D eigenvalue weighted by Gasteiger charge is -1.99. The molecule has 0 aliphatic carbocycles. The average Bonchev–Trinajstić information content (AvgIpc) is 2.98. The summed E-state index contributed by atoms with van der Waals surface area (Å²) in [5, 5.41) is 1.01. The van der Waals surface area contributed by atoms with E-state index in [9.17, 15) is 4.79 Å². The number of benzene rings is 1. The van der Waals surface area contributed by atoms with Crippen LogP contribution in [0.1, 0.15) is 24.9 Å². The molecule has 1 aromatic carbocycles. The highest BCUT2D eigenvalue weighted by atomic mass is 79.9. The molecule has 0 unspecified atom stereocenters. The minimum Gasteiger partial charge on any atom is -0.461 e. The van der Waals surface area contributed by atoms with E-state index in [1.807, 2.05) is 37.3 Å². The van der Waals surface area contributed by atoms with E-state index in [4.69, 9.17) is 8.83 Å². The van der Waals surface area contributed by atoms with Gasteiger partial charge in [-0.05, 0) is 44.2 Å². The molecule has 0 atom stereocenters. The largest absolute Gasteiger partial charge is 0.461 e. The first-order valence-corrected chi connectivity index (χ1v) is 7.61. The molecule has 21 heavy (non-hydrogen) atoms. The smallest absolute Gasteiger partial charge is 0.138 e. The van der Waals surface area contributed by atoms with Gasteiger partial charge in [-0.25, -0.2) is 0 Å². The van der Waals surface area contributed by atoms with Crippen molar-refractivity contribution >= 4 is 32.7 Å². The number of halogens is 1. The van der Waals surface area contributed by atoms with Gasteiger partial charge in [0.1, 0.15) is 28.6 Å². The highest BCUT2D eigenvalue weighted by Gasteiger charge is 2.19. The summed E-state index contributed by atoms with van der Waals surface area (Å²) in [7, 11) is 0. The second kappa shape index (κ2) is 5.53. The van der Waals surface area contributed by atoms with Crippen LogP contribution in [0.25, 0.3) is 22.3 Å². The Morgan fingerprint density at radius 1 is 1.19 bits per heavy atom. The third kappa shape index (κ3) is 2.81. The monoisotopic (exact) mass is 346 g/mol. The van der Waals surface area contributed by atoms with Crippen LogP contribution in [0.15, 0.2) is 43.6 Å². The van der Waals surface area contributed by atoms with E-state index in [0.29, 0.717) is 12.8 Å². The zero-order chi connectivity index (χ0) is 15.0. The number of fused-ring (bicyclic) bond motifs is 1. The Kier molecular flexibility index (Phi) is 3.72. The van der Waals surface area contributed by atoms with Crippen LogP contribution in [-0.2, 0) is 11.2 Å². The standard InChI is InChI=1S/C17H15BrO3/c1-10(19)3-7-15-17(14-8-4-11(2)20-14)13-6-5-12(18)9-16(13)21-15/h4-6,8-9H,3,7H2,1-2H3. The van der Waals surface area contributed by atoms with E-state index in [0.717, 1.165) is 38.3 Å². The van der Waals surface area contributed by atoms with Crippen molar-refractivity contribution in [3.8, 4) is 11.3 Å². The topological polar surface area (TPSA) is 43.4 Å². The maximum absolute atomic E-state index is 11.3. The van der Waals surface area contributed by atoms with Gasteiger partial charge in [-0.3, -0.25) is 0 Å². The van der Waals surface area contributed by atoms with Crippen molar-refractivity contribution in [2.75, 3.05) is 0 Å². The third-order valence-corrected chi connectivity index (χ3v) is 3.91. The first-order valence-electron chi connectivity index (χ1n) is 6.82. The fourth-order valence-corrected chi connectivity index (χ4v) is 2.77. The van der Waals surface area contributed by atoms with E-state index in [1.165, 1.54) is 0 Å². The minimum absolute atomic E-state index is 0.151. The molecule has 0 aliphatic rings. The number of furan rings is 2. The quantitative estimate of drug-likeness (QED) is 0.644. The SMILES string of the molecule is CC(=O)CCc1oc2cc(Br)ccc2c1-c1ccc(C)o1. The molecule has 0 radical (unpaired) electrons. The zero-order valence-corrected chi connectivity index (χ0v) is 13.5. The number of ketones is 1. The molecule has 0 amide bonds. The number of hydrogen-bond donors (Lipinski definition) is 0. The van der Waals surface area contributed by atoms with Crippen molar-refractivity contribution < 1.29 is 13.6 Å². The van der Waals surface area contributed by atoms with Gasteiger partial charge < -0.3 is 13.6 Å². The Balaban J connectivity index is 2.17. The van der Waals surface area contributed by atoms with Crippen LogP contribution >= 0.6 is 15.9 Å². The molecule has 3 aromatic rings. The van der Waals surface area contributed by atoms with Crippen molar-refractivity contribution in [2.45, 2.75) is 26.7 Å². The highest BCUT2D eigenvalue weighted by molar-refractivity contribution is 9.10. The maximum atomic E-state index is 11.3. The lowest BCUT2D eigenvalue weighted by molar-refractivity contribution is -0.117. The summed E-state index contributed by atoms with van der Waals surface area (Å²) in [4.78, 5) is 11.3. The number of carbonyl (C=O) groups excluding carboxylic acids is 1. The van der Waals surface area contributed by atoms with E-state index in [-0.39, 0.29) is 5.78 Å². The van der Waals surface area contributed by atoms with Gasteiger partial charge in [0.05, 0.1) is 5.56 Å². The van der Waals surface area contributed by atoms with Crippen LogP contribution in [0.3, 0.4) is 0 Å². The Labute approximate surface area is 131 Å². The predicted octanol–water partition coefficient (Wildman–Crippen LogP) is 5.29. The first-order chi connectivity index (χ1) is 10.0. The fourth-order valence-electron chi connectivity index (χ4n) is 2.43.